The first-order valence-corrected chi connectivity index (χ1v) is 17.5. The molecule has 2 aromatic heterocycles. The molecule has 0 bridgehead atoms. The number of amides is 3. The van der Waals surface area contributed by atoms with Crippen molar-refractivity contribution in [2.45, 2.75) is 111 Å². The number of nitrogens with zero attached hydrogens (tertiary/aromatic N) is 1. The number of carbonyl (C=O) groups excluding carboxylic acids is 3. The quantitative estimate of drug-likeness (QED) is 0.166. The zero-order valence-electron chi connectivity index (χ0n) is 30.1. The number of likely N-dealkylation sites (N-methyl/N-ethyl adjacent to an activating group) is 1. The molecule has 252 valence electrons. The van der Waals surface area contributed by atoms with Crippen molar-refractivity contribution in [1.29, 1.82) is 0 Å². The topological polar surface area (TPSA) is 90.5 Å². The standard InChI is InChI=1S/C36H58N4O3S2/c1-23(2)32(43)39-16-15-37-28(41)22-25-19-26(33(3,4)5)44-31(25)36(11,12)35(9,10)27-20-24(30(45-27)34(6,7)8)21-29(42)38-17-18-40(13)14/h19-20H,1,15-18,21-22H2,2-14H3,(H,37,41)(H,38,42)(H,39,43). The van der Waals surface area contributed by atoms with Crippen LogP contribution in [0.3, 0.4) is 0 Å². The molecule has 0 radical (unpaired) electrons. The van der Waals surface area contributed by atoms with Crippen LogP contribution in [0, 0.1) is 0 Å². The third kappa shape index (κ3) is 10.2. The second-order valence-corrected chi connectivity index (χ2v) is 17.7. The van der Waals surface area contributed by atoms with Gasteiger partial charge in [-0.15, -0.1) is 22.7 Å². The highest BCUT2D eigenvalue weighted by Crippen LogP contribution is 2.52. The van der Waals surface area contributed by atoms with Gasteiger partial charge in [-0.1, -0.05) is 75.8 Å². The molecule has 0 spiro atoms. The maximum atomic E-state index is 13.1. The molecule has 2 heterocycles. The summed E-state index contributed by atoms with van der Waals surface area (Å²) in [4.78, 5) is 44.9. The summed E-state index contributed by atoms with van der Waals surface area (Å²) in [6.45, 7) is 29.8. The van der Waals surface area contributed by atoms with Crippen LogP contribution < -0.4 is 16.0 Å². The van der Waals surface area contributed by atoms with Gasteiger partial charge in [0.15, 0.2) is 0 Å². The fraction of sp³-hybridized carbons (Fsp3) is 0.639. The second kappa shape index (κ2) is 14.9. The van der Waals surface area contributed by atoms with Crippen molar-refractivity contribution in [1.82, 2.24) is 20.9 Å². The highest BCUT2D eigenvalue weighted by atomic mass is 32.1. The van der Waals surface area contributed by atoms with Crippen molar-refractivity contribution in [3.8, 4) is 0 Å². The van der Waals surface area contributed by atoms with Crippen LogP contribution in [0.5, 0.6) is 0 Å². The number of hydrogen-bond acceptors (Lipinski definition) is 6. The van der Waals surface area contributed by atoms with Crippen LogP contribution in [0.1, 0.15) is 107 Å². The average molecular weight is 659 g/mol. The molecule has 0 atom stereocenters. The molecule has 9 heteroatoms. The first-order chi connectivity index (χ1) is 20.5. The van der Waals surface area contributed by atoms with Crippen LogP contribution in [0.2, 0.25) is 0 Å². The molecule has 0 aromatic carbocycles. The number of rotatable bonds is 14. The predicted octanol–water partition coefficient (Wildman–Crippen LogP) is 6.23. The van der Waals surface area contributed by atoms with E-state index in [1.165, 1.54) is 19.5 Å². The molecule has 0 aliphatic carbocycles. The van der Waals surface area contributed by atoms with Crippen molar-refractivity contribution < 1.29 is 14.4 Å². The average Bonchev–Trinajstić information content (AvgIpc) is 3.51. The smallest absolute Gasteiger partial charge is 0.246 e. The molecular formula is C36H58N4O3S2. The Balaban J connectivity index is 2.43. The third-order valence-electron chi connectivity index (χ3n) is 8.49. The van der Waals surface area contributed by atoms with Gasteiger partial charge in [-0.05, 0) is 55.1 Å². The number of thiophene rings is 2. The molecule has 0 saturated heterocycles. The number of nitrogens with one attached hydrogen (secondary N) is 3. The monoisotopic (exact) mass is 658 g/mol. The van der Waals surface area contributed by atoms with Crippen LogP contribution in [0.15, 0.2) is 24.3 Å². The van der Waals surface area contributed by atoms with E-state index in [4.69, 9.17) is 0 Å². The van der Waals surface area contributed by atoms with Crippen molar-refractivity contribution in [3.63, 3.8) is 0 Å². The minimum Gasteiger partial charge on any atom is -0.355 e. The van der Waals surface area contributed by atoms with E-state index in [2.05, 4.69) is 109 Å². The zero-order chi connectivity index (χ0) is 34.5. The molecule has 0 aliphatic rings. The van der Waals surface area contributed by atoms with Gasteiger partial charge >= 0.3 is 0 Å². The molecule has 0 aliphatic heterocycles. The molecular weight excluding hydrogens is 601 g/mol. The minimum absolute atomic E-state index is 0.0457. The molecule has 0 unspecified atom stereocenters. The second-order valence-electron chi connectivity index (χ2n) is 15.6. The van der Waals surface area contributed by atoms with Gasteiger partial charge in [0.2, 0.25) is 17.7 Å². The Hall–Kier alpha value is -2.49. The maximum Gasteiger partial charge on any atom is 0.246 e. The third-order valence-corrected chi connectivity index (χ3v) is 12.3. The fourth-order valence-electron chi connectivity index (χ4n) is 4.97. The SMILES string of the molecule is C=C(C)C(=O)NCCNC(=O)Cc1cc(C(C)(C)C)sc1C(C)(C)C(C)(C)c1cc(CC(=O)NCCN(C)C)c(C(C)(C)C)s1. The first kappa shape index (κ1) is 38.7. The van der Waals surface area contributed by atoms with Gasteiger partial charge in [0, 0.05) is 62.1 Å². The summed E-state index contributed by atoms with van der Waals surface area (Å²) in [5, 5.41) is 8.82. The van der Waals surface area contributed by atoms with Crippen molar-refractivity contribution in [3.05, 3.63) is 54.9 Å². The Morgan fingerprint density at radius 1 is 0.689 bits per heavy atom. The van der Waals surface area contributed by atoms with Crippen LogP contribution in [0.4, 0.5) is 0 Å². The van der Waals surface area contributed by atoms with E-state index in [1.54, 1.807) is 18.3 Å². The lowest BCUT2D eigenvalue weighted by Crippen LogP contribution is -2.40. The van der Waals surface area contributed by atoms with E-state index >= 15 is 0 Å². The highest BCUT2D eigenvalue weighted by molar-refractivity contribution is 7.13. The molecule has 2 aromatic rings. The van der Waals surface area contributed by atoms with E-state index < -0.39 is 0 Å². The fourth-order valence-corrected chi connectivity index (χ4v) is 7.97. The van der Waals surface area contributed by atoms with Crippen LogP contribution >= 0.6 is 22.7 Å². The van der Waals surface area contributed by atoms with Gasteiger partial charge < -0.3 is 20.9 Å². The molecule has 3 amide bonds. The number of hydrogen-bond donors (Lipinski definition) is 3. The van der Waals surface area contributed by atoms with E-state index in [1.807, 2.05) is 25.4 Å². The van der Waals surface area contributed by atoms with Crippen molar-refractivity contribution >= 4 is 40.4 Å². The first-order valence-electron chi connectivity index (χ1n) is 15.9. The van der Waals surface area contributed by atoms with E-state index in [0.717, 1.165) is 17.7 Å². The Morgan fingerprint density at radius 3 is 1.64 bits per heavy atom. The summed E-state index contributed by atoms with van der Waals surface area (Å²) in [7, 11) is 4.00. The Labute approximate surface area is 280 Å². The Bertz CT molecular complexity index is 1370. The highest BCUT2D eigenvalue weighted by Gasteiger charge is 2.44. The van der Waals surface area contributed by atoms with Gasteiger partial charge in [0.25, 0.3) is 0 Å². The van der Waals surface area contributed by atoms with Gasteiger partial charge in [0.1, 0.15) is 0 Å². The lowest BCUT2D eigenvalue weighted by Gasteiger charge is -2.41. The van der Waals surface area contributed by atoms with E-state index in [-0.39, 0.29) is 45.8 Å². The van der Waals surface area contributed by atoms with E-state index in [9.17, 15) is 14.4 Å². The van der Waals surface area contributed by atoms with Gasteiger partial charge in [-0.3, -0.25) is 14.4 Å². The van der Waals surface area contributed by atoms with E-state index in [0.29, 0.717) is 31.6 Å². The summed E-state index contributed by atoms with van der Waals surface area (Å²) in [6, 6.07) is 4.46. The molecule has 2 rings (SSSR count). The molecule has 7 nitrogen and oxygen atoms in total. The van der Waals surface area contributed by atoms with Crippen LogP contribution in [0.25, 0.3) is 0 Å². The predicted molar refractivity (Wildman–Crippen MR) is 192 cm³/mol. The van der Waals surface area contributed by atoms with Crippen LogP contribution in [-0.2, 0) is 48.9 Å². The van der Waals surface area contributed by atoms with Gasteiger partial charge in [0.05, 0.1) is 12.8 Å². The summed E-state index contributed by atoms with van der Waals surface area (Å²) in [6.07, 6.45) is 0.629. The maximum absolute atomic E-state index is 13.1. The van der Waals surface area contributed by atoms with Crippen molar-refractivity contribution in [2.24, 2.45) is 0 Å². The van der Waals surface area contributed by atoms with Crippen LogP contribution in [-0.4, -0.2) is 62.9 Å². The lowest BCUT2D eigenvalue weighted by atomic mass is 9.65. The molecule has 0 fully saturated rings. The van der Waals surface area contributed by atoms with Gasteiger partial charge in [-0.25, -0.2) is 0 Å². The number of carbonyl (C=O) groups is 3. The lowest BCUT2D eigenvalue weighted by molar-refractivity contribution is -0.121. The molecule has 45 heavy (non-hydrogen) atoms. The summed E-state index contributed by atoms with van der Waals surface area (Å²) in [5.74, 6) is -0.231. The summed E-state index contributed by atoms with van der Waals surface area (Å²) < 4.78 is 0. The largest absolute Gasteiger partial charge is 0.355 e. The molecule has 3 N–H and O–H groups in total. The Kier molecular flexibility index (Phi) is 12.9. The summed E-state index contributed by atoms with van der Waals surface area (Å²) >= 11 is 3.61. The summed E-state index contributed by atoms with van der Waals surface area (Å²) in [5.41, 5.74) is 1.80. The van der Waals surface area contributed by atoms with Gasteiger partial charge in [-0.2, -0.15) is 0 Å². The van der Waals surface area contributed by atoms with Crippen molar-refractivity contribution in [2.75, 3.05) is 40.3 Å². The molecule has 0 saturated carbocycles. The Morgan fingerprint density at radius 2 is 1.16 bits per heavy atom. The minimum atomic E-state index is -0.322. The zero-order valence-corrected chi connectivity index (χ0v) is 31.7. The normalized spacial score (nSPS) is 12.8.